The van der Waals surface area contributed by atoms with Gasteiger partial charge >= 0.3 is 0 Å². The van der Waals surface area contributed by atoms with Gasteiger partial charge in [-0.05, 0) is 109 Å². The summed E-state index contributed by atoms with van der Waals surface area (Å²) < 4.78 is 2.19. The topological polar surface area (TPSA) is 53.3 Å². The lowest BCUT2D eigenvalue weighted by Gasteiger charge is -2.32. The number of piperidine rings is 1. The summed E-state index contributed by atoms with van der Waals surface area (Å²) in [6, 6.07) is 6.66. The molecule has 1 aliphatic heterocycles. The SMILES string of the molecule is CN(CCC1CCNCC1)CC1CCC(n2cc3ccc(C(C)(C)O)cc3n2)CC1. The number of hydrogen-bond acceptors (Lipinski definition) is 4. The van der Waals surface area contributed by atoms with E-state index in [4.69, 9.17) is 5.10 Å². The van der Waals surface area contributed by atoms with Gasteiger partial charge in [0.15, 0.2) is 0 Å². The van der Waals surface area contributed by atoms with Crippen molar-refractivity contribution in [2.24, 2.45) is 11.8 Å². The molecule has 5 heteroatoms. The van der Waals surface area contributed by atoms with Crippen molar-refractivity contribution in [2.75, 3.05) is 33.2 Å². The summed E-state index contributed by atoms with van der Waals surface area (Å²) in [6.07, 6.45) is 11.3. The molecule has 1 saturated carbocycles. The summed E-state index contributed by atoms with van der Waals surface area (Å²) in [5.41, 5.74) is 1.10. The van der Waals surface area contributed by atoms with Crippen LogP contribution >= 0.6 is 0 Å². The van der Waals surface area contributed by atoms with E-state index in [1.165, 1.54) is 76.5 Å². The Kier molecular flexibility index (Phi) is 6.81. The molecule has 0 bridgehead atoms. The molecule has 2 aliphatic rings. The average molecular weight is 413 g/mol. The Bertz CT molecular complexity index is 810. The van der Waals surface area contributed by atoms with Crippen LogP contribution in [-0.4, -0.2) is 53.0 Å². The Morgan fingerprint density at radius 2 is 1.83 bits per heavy atom. The van der Waals surface area contributed by atoms with Gasteiger partial charge in [-0.1, -0.05) is 12.1 Å². The number of benzene rings is 1. The van der Waals surface area contributed by atoms with Gasteiger partial charge in [-0.25, -0.2) is 0 Å². The molecule has 0 atom stereocenters. The zero-order valence-electron chi connectivity index (χ0n) is 19.1. The van der Waals surface area contributed by atoms with Gasteiger partial charge < -0.3 is 15.3 Å². The molecule has 1 aromatic heterocycles. The van der Waals surface area contributed by atoms with E-state index in [-0.39, 0.29) is 0 Å². The number of nitrogens with one attached hydrogen (secondary N) is 1. The fourth-order valence-electron chi connectivity index (χ4n) is 5.30. The molecule has 0 radical (unpaired) electrons. The highest BCUT2D eigenvalue weighted by Gasteiger charge is 2.25. The third-order valence-electron chi connectivity index (χ3n) is 7.37. The highest BCUT2D eigenvalue weighted by atomic mass is 16.3. The quantitative estimate of drug-likeness (QED) is 0.711. The largest absolute Gasteiger partial charge is 0.386 e. The molecule has 4 rings (SSSR count). The van der Waals surface area contributed by atoms with E-state index in [0.29, 0.717) is 6.04 Å². The molecule has 5 nitrogen and oxygen atoms in total. The van der Waals surface area contributed by atoms with E-state index < -0.39 is 5.60 Å². The lowest BCUT2D eigenvalue weighted by Crippen LogP contribution is -2.33. The molecule has 2 N–H and O–H groups in total. The zero-order valence-corrected chi connectivity index (χ0v) is 19.1. The van der Waals surface area contributed by atoms with Crippen LogP contribution in [0.4, 0.5) is 0 Å². The number of rotatable bonds is 7. The molecule has 2 fully saturated rings. The van der Waals surface area contributed by atoms with Crippen molar-refractivity contribution in [3.05, 3.63) is 30.0 Å². The van der Waals surface area contributed by atoms with Gasteiger partial charge in [-0.15, -0.1) is 0 Å². The lowest BCUT2D eigenvalue weighted by molar-refractivity contribution is 0.0787. The molecule has 0 unspecified atom stereocenters. The third-order valence-corrected chi connectivity index (χ3v) is 7.37. The van der Waals surface area contributed by atoms with Crippen LogP contribution in [0.2, 0.25) is 0 Å². The van der Waals surface area contributed by atoms with Crippen LogP contribution in [0.25, 0.3) is 10.9 Å². The normalized spacial score (nSPS) is 24.0. The van der Waals surface area contributed by atoms with E-state index in [0.717, 1.165) is 22.9 Å². The third kappa shape index (κ3) is 5.43. The van der Waals surface area contributed by atoms with Crippen molar-refractivity contribution in [3.63, 3.8) is 0 Å². The molecule has 0 spiro atoms. The predicted molar refractivity (Wildman–Crippen MR) is 124 cm³/mol. The molecular formula is C25H40N4O. The summed E-state index contributed by atoms with van der Waals surface area (Å²) in [4.78, 5) is 2.58. The zero-order chi connectivity index (χ0) is 21.1. The van der Waals surface area contributed by atoms with E-state index in [1.807, 2.05) is 26.0 Å². The Labute approximate surface area is 181 Å². The van der Waals surface area contributed by atoms with Gasteiger partial charge in [0.05, 0.1) is 17.2 Å². The number of aromatic nitrogens is 2. The van der Waals surface area contributed by atoms with Gasteiger partial charge in [-0.2, -0.15) is 5.10 Å². The van der Waals surface area contributed by atoms with Crippen molar-refractivity contribution in [2.45, 2.75) is 70.4 Å². The smallest absolute Gasteiger partial charge is 0.0927 e. The maximum absolute atomic E-state index is 10.3. The second kappa shape index (κ2) is 9.37. The molecule has 166 valence electrons. The van der Waals surface area contributed by atoms with Gasteiger partial charge in [0.1, 0.15) is 0 Å². The molecule has 1 aromatic carbocycles. The van der Waals surface area contributed by atoms with Crippen molar-refractivity contribution in [1.29, 1.82) is 0 Å². The van der Waals surface area contributed by atoms with Crippen LogP contribution in [-0.2, 0) is 5.60 Å². The number of hydrogen-bond donors (Lipinski definition) is 2. The van der Waals surface area contributed by atoms with Crippen molar-refractivity contribution in [3.8, 4) is 0 Å². The molecule has 30 heavy (non-hydrogen) atoms. The summed E-state index contributed by atoms with van der Waals surface area (Å²) >= 11 is 0. The fourth-order valence-corrected chi connectivity index (χ4v) is 5.30. The first-order valence-corrected chi connectivity index (χ1v) is 12.0. The molecule has 2 aromatic rings. The number of fused-ring (bicyclic) bond motifs is 1. The standard InChI is InChI=1S/C25H40N4O/c1-25(2,30)22-7-6-21-18-29(27-24(21)16-22)23-8-4-20(5-9-23)17-28(3)15-12-19-10-13-26-14-11-19/h6-7,16,18-20,23,26,30H,4-5,8-15,17H2,1-3H3. The van der Waals surface area contributed by atoms with E-state index in [9.17, 15) is 5.11 Å². The maximum atomic E-state index is 10.3. The Morgan fingerprint density at radius 1 is 1.10 bits per heavy atom. The first-order chi connectivity index (χ1) is 14.4. The molecule has 1 aliphatic carbocycles. The molecule has 1 saturated heterocycles. The van der Waals surface area contributed by atoms with Gasteiger partial charge in [0.25, 0.3) is 0 Å². The molecule has 0 amide bonds. The number of aliphatic hydroxyl groups is 1. The average Bonchev–Trinajstić information content (AvgIpc) is 3.16. The van der Waals surface area contributed by atoms with Crippen molar-refractivity contribution in [1.82, 2.24) is 20.0 Å². The second-order valence-electron chi connectivity index (χ2n) is 10.4. The van der Waals surface area contributed by atoms with Crippen molar-refractivity contribution < 1.29 is 5.11 Å². The van der Waals surface area contributed by atoms with Crippen LogP contribution in [0.3, 0.4) is 0 Å². The summed E-state index contributed by atoms with van der Waals surface area (Å²) in [6.45, 7) is 8.57. The van der Waals surface area contributed by atoms with Gasteiger partial charge in [-0.3, -0.25) is 4.68 Å². The first-order valence-electron chi connectivity index (χ1n) is 12.0. The minimum absolute atomic E-state index is 0.513. The summed E-state index contributed by atoms with van der Waals surface area (Å²) in [7, 11) is 2.31. The minimum atomic E-state index is -0.823. The Morgan fingerprint density at radius 3 is 2.53 bits per heavy atom. The van der Waals surface area contributed by atoms with Gasteiger partial charge in [0, 0.05) is 18.1 Å². The van der Waals surface area contributed by atoms with Gasteiger partial charge in [0.2, 0.25) is 0 Å². The minimum Gasteiger partial charge on any atom is -0.386 e. The molecule has 2 heterocycles. The van der Waals surface area contributed by atoms with Crippen LogP contribution in [0.5, 0.6) is 0 Å². The monoisotopic (exact) mass is 412 g/mol. The van der Waals surface area contributed by atoms with Crippen LogP contribution in [0.1, 0.15) is 70.4 Å². The Balaban J connectivity index is 1.26. The highest BCUT2D eigenvalue weighted by molar-refractivity contribution is 5.79. The summed E-state index contributed by atoms with van der Waals surface area (Å²) in [5.74, 6) is 1.75. The lowest BCUT2D eigenvalue weighted by atomic mass is 9.85. The predicted octanol–water partition coefficient (Wildman–Crippen LogP) is 4.32. The first kappa shape index (κ1) is 21.8. The Hall–Kier alpha value is -1.43. The van der Waals surface area contributed by atoms with Crippen molar-refractivity contribution >= 4 is 10.9 Å². The highest BCUT2D eigenvalue weighted by Crippen LogP contribution is 2.33. The van der Waals surface area contributed by atoms with Crippen LogP contribution in [0.15, 0.2) is 24.4 Å². The fraction of sp³-hybridized carbons (Fsp3) is 0.720. The maximum Gasteiger partial charge on any atom is 0.0927 e. The molecular weight excluding hydrogens is 372 g/mol. The van der Waals surface area contributed by atoms with Crippen LogP contribution < -0.4 is 5.32 Å². The van der Waals surface area contributed by atoms with E-state index >= 15 is 0 Å². The number of nitrogens with zero attached hydrogens (tertiary/aromatic N) is 3. The van der Waals surface area contributed by atoms with Crippen LogP contribution in [0, 0.1) is 11.8 Å². The van der Waals surface area contributed by atoms with E-state index in [2.05, 4.69) is 34.2 Å². The van der Waals surface area contributed by atoms with E-state index in [1.54, 1.807) is 0 Å². The summed E-state index contributed by atoms with van der Waals surface area (Å²) in [5, 5.41) is 19.8. The second-order valence-corrected chi connectivity index (χ2v) is 10.4.